The Morgan fingerprint density at radius 1 is 1.00 bits per heavy atom. The van der Waals surface area contributed by atoms with Gasteiger partial charge in [-0.05, 0) is 29.3 Å². The van der Waals surface area contributed by atoms with E-state index in [1.54, 1.807) is 14.2 Å². The summed E-state index contributed by atoms with van der Waals surface area (Å²) < 4.78 is 11.5. The molecular weight excluding hydrogens is 328 g/mol. The molecule has 0 spiro atoms. The van der Waals surface area contributed by atoms with Gasteiger partial charge in [-0.3, -0.25) is 0 Å². The van der Waals surface area contributed by atoms with Gasteiger partial charge in [0, 0.05) is 4.47 Å². The van der Waals surface area contributed by atoms with Crippen molar-refractivity contribution < 1.29 is 9.47 Å². The zero-order valence-electron chi connectivity index (χ0n) is 10.7. The van der Waals surface area contributed by atoms with Gasteiger partial charge in [0.2, 0.25) is 0 Å². The Bertz CT molecular complexity index is 572. The smallest absolute Gasteiger partial charge is 0.161 e. The molecule has 0 fully saturated rings. The summed E-state index contributed by atoms with van der Waals surface area (Å²) in [5, 5.41) is -0.240. The summed E-state index contributed by atoms with van der Waals surface area (Å²) in [6.07, 6.45) is 0. The number of alkyl halides is 1. The van der Waals surface area contributed by atoms with E-state index in [2.05, 4.69) is 15.9 Å². The van der Waals surface area contributed by atoms with Gasteiger partial charge in [-0.25, -0.2) is 0 Å². The van der Waals surface area contributed by atoms with Gasteiger partial charge in [0.25, 0.3) is 0 Å². The molecule has 0 aliphatic rings. The van der Waals surface area contributed by atoms with Crippen molar-refractivity contribution in [1.82, 2.24) is 0 Å². The van der Waals surface area contributed by atoms with E-state index in [1.165, 1.54) is 0 Å². The van der Waals surface area contributed by atoms with Gasteiger partial charge in [-0.1, -0.05) is 40.2 Å². The average molecular weight is 342 g/mol. The molecule has 1 atom stereocenters. The van der Waals surface area contributed by atoms with Crippen LogP contribution in [0.2, 0.25) is 0 Å². The molecule has 0 radical (unpaired) electrons. The lowest BCUT2D eigenvalue weighted by Gasteiger charge is -2.15. The second-order valence-electron chi connectivity index (χ2n) is 4.00. The molecule has 100 valence electrons. The molecular formula is C15H14BrClO2. The fraction of sp³-hybridized carbons (Fsp3) is 0.200. The van der Waals surface area contributed by atoms with Crippen LogP contribution in [-0.2, 0) is 0 Å². The van der Waals surface area contributed by atoms with Crippen LogP contribution >= 0.6 is 27.5 Å². The van der Waals surface area contributed by atoms with Gasteiger partial charge < -0.3 is 9.47 Å². The molecule has 0 amide bonds. The summed E-state index contributed by atoms with van der Waals surface area (Å²) in [5.74, 6) is 1.37. The lowest BCUT2D eigenvalue weighted by atomic mass is 10.0. The van der Waals surface area contributed by atoms with E-state index < -0.39 is 0 Å². The minimum Gasteiger partial charge on any atom is -0.493 e. The van der Waals surface area contributed by atoms with Gasteiger partial charge >= 0.3 is 0 Å². The number of halogens is 2. The third-order valence-electron chi connectivity index (χ3n) is 2.88. The van der Waals surface area contributed by atoms with Gasteiger partial charge in [-0.15, -0.1) is 11.6 Å². The molecule has 4 heteroatoms. The lowest BCUT2D eigenvalue weighted by Crippen LogP contribution is -1.97. The van der Waals surface area contributed by atoms with Crippen molar-refractivity contribution in [3.63, 3.8) is 0 Å². The Labute approximate surface area is 126 Å². The lowest BCUT2D eigenvalue weighted by molar-refractivity contribution is 0.354. The van der Waals surface area contributed by atoms with E-state index in [0.717, 1.165) is 15.6 Å². The molecule has 0 bridgehead atoms. The van der Waals surface area contributed by atoms with Gasteiger partial charge in [0.15, 0.2) is 11.5 Å². The quantitative estimate of drug-likeness (QED) is 0.744. The zero-order chi connectivity index (χ0) is 13.8. The highest BCUT2D eigenvalue weighted by Gasteiger charge is 2.15. The van der Waals surface area contributed by atoms with E-state index in [1.807, 2.05) is 42.5 Å². The normalized spacial score (nSPS) is 12.0. The number of hydrogen-bond donors (Lipinski definition) is 0. The van der Waals surface area contributed by atoms with Crippen LogP contribution in [0.25, 0.3) is 0 Å². The summed E-state index contributed by atoms with van der Waals surface area (Å²) >= 11 is 10.1. The molecule has 2 aromatic carbocycles. The first-order valence-electron chi connectivity index (χ1n) is 5.77. The molecule has 2 nitrogen and oxygen atoms in total. The molecule has 0 saturated carbocycles. The minimum atomic E-state index is -0.240. The monoisotopic (exact) mass is 340 g/mol. The van der Waals surface area contributed by atoms with Crippen LogP contribution in [0.3, 0.4) is 0 Å². The number of hydrogen-bond acceptors (Lipinski definition) is 2. The van der Waals surface area contributed by atoms with E-state index in [0.29, 0.717) is 11.5 Å². The maximum atomic E-state index is 6.53. The van der Waals surface area contributed by atoms with E-state index in [4.69, 9.17) is 21.1 Å². The van der Waals surface area contributed by atoms with Gasteiger partial charge in [-0.2, -0.15) is 0 Å². The predicted octanol–water partition coefficient (Wildman–Crippen LogP) is 4.79. The van der Waals surface area contributed by atoms with Crippen molar-refractivity contribution >= 4 is 27.5 Å². The average Bonchev–Trinajstić information content (AvgIpc) is 2.46. The van der Waals surface area contributed by atoms with Gasteiger partial charge in [0.1, 0.15) is 0 Å². The van der Waals surface area contributed by atoms with Crippen LogP contribution in [0.4, 0.5) is 0 Å². The summed E-state index contributed by atoms with van der Waals surface area (Å²) in [5.41, 5.74) is 1.99. The summed E-state index contributed by atoms with van der Waals surface area (Å²) in [6.45, 7) is 0. The topological polar surface area (TPSA) is 18.5 Å². The fourth-order valence-corrected chi connectivity index (χ4v) is 2.84. The maximum Gasteiger partial charge on any atom is 0.161 e. The van der Waals surface area contributed by atoms with Crippen molar-refractivity contribution in [2.75, 3.05) is 14.2 Å². The Morgan fingerprint density at radius 2 is 1.68 bits per heavy atom. The van der Waals surface area contributed by atoms with E-state index >= 15 is 0 Å². The molecule has 2 aromatic rings. The number of methoxy groups -OCH3 is 2. The van der Waals surface area contributed by atoms with Crippen molar-refractivity contribution in [2.45, 2.75) is 5.38 Å². The van der Waals surface area contributed by atoms with Crippen LogP contribution in [0.5, 0.6) is 11.5 Å². The Balaban J connectivity index is 2.39. The summed E-state index contributed by atoms with van der Waals surface area (Å²) in [4.78, 5) is 0. The molecule has 0 aliphatic carbocycles. The maximum absolute atomic E-state index is 6.53. The first-order chi connectivity index (χ1) is 9.17. The van der Waals surface area contributed by atoms with Crippen molar-refractivity contribution in [2.24, 2.45) is 0 Å². The third kappa shape index (κ3) is 3.04. The number of rotatable bonds is 4. The van der Waals surface area contributed by atoms with Crippen LogP contribution in [0, 0.1) is 0 Å². The third-order valence-corrected chi connectivity index (χ3v) is 4.09. The Kier molecular flexibility index (Phi) is 4.72. The highest BCUT2D eigenvalue weighted by atomic mass is 79.9. The molecule has 0 aliphatic heterocycles. The number of ether oxygens (including phenoxy) is 2. The van der Waals surface area contributed by atoms with E-state index in [-0.39, 0.29) is 5.38 Å². The molecule has 0 heterocycles. The van der Waals surface area contributed by atoms with Crippen LogP contribution < -0.4 is 9.47 Å². The van der Waals surface area contributed by atoms with Gasteiger partial charge in [0.05, 0.1) is 19.6 Å². The van der Waals surface area contributed by atoms with Crippen LogP contribution in [-0.4, -0.2) is 14.2 Å². The largest absolute Gasteiger partial charge is 0.493 e. The van der Waals surface area contributed by atoms with Crippen molar-refractivity contribution in [3.05, 3.63) is 58.1 Å². The molecule has 0 N–H and O–H groups in total. The molecule has 2 rings (SSSR count). The Hall–Kier alpha value is -1.19. The summed E-state index contributed by atoms with van der Waals surface area (Å²) in [6, 6.07) is 13.6. The second kappa shape index (κ2) is 6.31. The highest BCUT2D eigenvalue weighted by Crippen LogP contribution is 2.37. The van der Waals surface area contributed by atoms with Crippen molar-refractivity contribution in [1.29, 1.82) is 0 Å². The predicted molar refractivity (Wildman–Crippen MR) is 81.4 cm³/mol. The van der Waals surface area contributed by atoms with E-state index in [9.17, 15) is 0 Å². The zero-order valence-corrected chi connectivity index (χ0v) is 13.0. The van der Waals surface area contributed by atoms with Crippen LogP contribution in [0.15, 0.2) is 46.9 Å². The molecule has 1 unspecified atom stereocenters. The SMILES string of the molecule is COc1ccc(C(Cl)c2ccccc2Br)cc1OC. The summed E-state index contributed by atoms with van der Waals surface area (Å²) in [7, 11) is 3.23. The molecule has 19 heavy (non-hydrogen) atoms. The van der Waals surface area contributed by atoms with Crippen molar-refractivity contribution in [3.8, 4) is 11.5 Å². The highest BCUT2D eigenvalue weighted by molar-refractivity contribution is 9.10. The Morgan fingerprint density at radius 3 is 2.32 bits per heavy atom. The molecule has 0 aromatic heterocycles. The fourth-order valence-electron chi connectivity index (χ4n) is 1.87. The second-order valence-corrected chi connectivity index (χ2v) is 5.29. The van der Waals surface area contributed by atoms with Crippen LogP contribution in [0.1, 0.15) is 16.5 Å². The first-order valence-corrected chi connectivity index (χ1v) is 7.00. The number of benzene rings is 2. The molecule has 0 saturated heterocycles. The standard InChI is InChI=1S/C15H14BrClO2/c1-18-13-8-7-10(9-14(13)19-2)15(17)11-5-3-4-6-12(11)16/h3-9,15H,1-2H3. The minimum absolute atomic E-state index is 0.240. The first kappa shape index (κ1) is 14.2.